The molecule has 3 unspecified atom stereocenters. The van der Waals surface area contributed by atoms with Crippen LogP contribution >= 0.6 is 0 Å². The van der Waals surface area contributed by atoms with Crippen molar-refractivity contribution in [2.45, 2.75) is 38.3 Å². The van der Waals surface area contributed by atoms with Crippen molar-refractivity contribution in [2.24, 2.45) is 0 Å². The summed E-state index contributed by atoms with van der Waals surface area (Å²) >= 11 is 0. The number of ether oxygens (including phenoxy) is 4. The zero-order valence-corrected chi connectivity index (χ0v) is 16.2. The molecule has 5 nitrogen and oxygen atoms in total. The first-order valence-corrected chi connectivity index (χ1v) is 9.18. The number of rotatable bonds is 6. The molecule has 0 saturated carbocycles. The van der Waals surface area contributed by atoms with Crippen LogP contribution in [0.2, 0.25) is 0 Å². The molecule has 0 aliphatic carbocycles. The zero-order valence-electron chi connectivity index (χ0n) is 16.2. The van der Waals surface area contributed by atoms with Gasteiger partial charge in [0.05, 0.1) is 26.4 Å². The Morgan fingerprint density at radius 1 is 1.07 bits per heavy atom. The lowest BCUT2D eigenvalue weighted by atomic mass is 10.1. The fraction of sp³-hybridized carbons (Fsp3) is 0.364. The second-order valence-corrected chi connectivity index (χ2v) is 6.75. The fourth-order valence-electron chi connectivity index (χ4n) is 3.16. The van der Waals surface area contributed by atoms with Crippen LogP contribution in [-0.4, -0.2) is 37.8 Å². The quantitative estimate of drug-likeness (QED) is 0.749. The molecular weight excluding hydrogens is 363 g/mol. The molecule has 1 fully saturated rings. The highest BCUT2D eigenvalue weighted by molar-refractivity contribution is 5.75. The molecule has 2 aromatic rings. The topological polar surface area (TPSA) is 57.2 Å². The number of halogens is 1. The van der Waals surface area contributed by atoms with E-state index in [1.165, 1.54) is 12.1 Å². The van der Waals surface area contributed by atoms with Crippen molar-refractivity contribution in [1.29, 1.82) is 0 Å². The molecule has 2 aromatic carbocycles. The maximum atomic E-state index is 13.1. The summed E-state index contributed by atoms with van der Waals surface area (Å²) in [5.41, 5.74) is 1.56. The van der Waals surface area contributed by atoms with Crippen LogP contribution in [0, 0.1) is 5.82 Å². The number of aliphatic hydroxyl groups excluding tert-OH is 1. The average Bonchev–Trinajstić information content (AvgIpc) is 2.67. The summed E-state index contributed by atoms with van der Waals surface area (Å²) in [6.45, 7) is 1.90. The van der Waals surface area contributed by atoms with Crippen LogP contribution in [0.5, 0.6) is 17.2 Å². The smallest absolute Gasteiger partial charge is 0.202 e. The van der Waals surface area contributed by atoms with Crippen molar-refractivity contribution < 1.29 is 28.4 Å². The maximum Gasteiger partial charge on any atom is 0.202 e. The Bertz CT molecular complexity index is 808. The fourth-order valence-corrected chi connectivity index (χ4v) is 3.16. The Morgan fingerprint density at radius 3 is 2.46 bits per heavy atom. The van der Waals surface area contributed by atoms with Gasteiger partial charge in [0.2, 0.25) is 6.29 Å². The van der Waals surface area contributed by atoms with E-state index in [-0.39, 0.29) is 11.9 Å². The van der Waals surface area contributed by atoms with E-state index in [0.717, 1.165) is 11.1 Å². The minimum absolute atomic E-state index is 0.101. The molecule has 0 spiro atoms. The molecule has 1 heterocycles. The van der Waals surface area contributed by atoms with Crippen LogP contribution in [0.25, 0.3) is 12.2 Å². The SMILES string of the molecule is COc1cc(/C=C/c2ccc(F)cc2)c(OC2CC(O)CC(C)O2)c(OC)c1. The van der Waals surface area contributed by atoms with Crippen LogP contribution in [0.3, 0.4) is 0 Å². The van der Waals surface area contributed by atoms with Crippen molar-refractivity contribution in [2.75, 3.05) is 14.2 Å². The second kappa shape index (κ2) is 9.08. The summed E-state index contributed by atoms with van der Waals surface area (Å²) in [4.78, 5) is 0. The molecule has 150 valence electrons. The molecule has 28 heavy (non-hydrogen) atoms. The minimum atomic E-state index is -0.584. The van der Waals surface area contributed by atoms with Crippen molar-refractivity contribution >= 4 is 12.2 Å². The summed E-state index contributed by atoms with van der Waals surface area (Å²) in [7, 11) is 3.12. The van der Waals surface area contributed by atoms with Gasteiger partial charge in [0, 0.05) is 18.1 Å². The minimum Gasteiger partial charge on any atom is -0.497 e. The molecule has 0 amide bonds. The number of methoxy groups -OCH3 is 2. The zero-order chi connectivity index (χ0) is 20.1. The Kier molecular flexibility index (Phi) is 6.54. The van der Waals surface area contributed by atoms with Gasteiger partial charge in [-0.15, -0.1) is 0 Å². The van der Waals surface area contributed by atoms with E-state index in [4.69, 9.17) is 18.9 Å². The lowest BCUT2D eigenvalue weighted by Gasteiger charge is -2.32. The largest absolute Gasteiger partial charge is 0.497 e. The molecule has 0 radical (unpaired) electrons. The second-order valence-electron chi connectivity index (χ2n) is 6.75. The standard InChI is InChI=1S/C22H25FO5/c1-14-10-18(24)12-21(27-14)28-22-16(11-19(25-2)13-20(22)26-3)7-4-15-5-8-17(23)9-6-15/h4-9,11,13-14,18,21,24H,10,12H2,1-3H3/b7-4+. The van der Waals surface area contributed by atoms with Crippen LogP contribution in [0.4, 0.5) is 4.39 Å². The number of hydrogen-bond donors (Lipinski definition) is 1. The number of benzene rings is 2. The molecule has 1 saturated heterocycles. The van der Waals surface area contributed by atoms with E-state index in [1.54, 1.807) is 32.4 Å². The lowest BCUT2D eigenvalue weighted by molar-refractivity contribution is -0.170. The molecule has 1 aliphatic heterocycles. The van der Waals surface area contributed by atoms with E-state index in [0.29, 0.717) is 30.1 Å². The van der Waals surface area contributed by atoms with Crippen LogP contribution in [-0.2, 0) is 4.74 Å². The maximum absolute atomic E-state index is 13.1. The first-order valence-electron chi connectivity index (χ1n) is 9.18. The van der Waals surface area contributed by atoms with E-state index >= 15 is 0 Å². The summed E-state index contributed by atoms with van der Waals surface area (Å²) in [5.74, 6) is 1.31. The van der Waals surface area contributed by atoms with Gasteiger partial charge in [0.1, 0.15) is 11.6 Å². The Hall–Kier alpha value is -2.57. The molecule has 1 aliphatic rings. The van der Waals surface area contributed by atoms with Gasteiger partial charge in [0.15, 0.2) is 11.5 Å². The predicted molar refractivity (Wildman–Crippen MR) is 105 cm³/mol. The van der Waals surface area contributed by atoms with Gasteiger partial charge in [-0.2, -0.15) is 0 Å². The summed E-state index contributed by atoms with van der Waals surface area (Å²) < 4.78 is 35.9. The van der Waals surface area contributed by atoms with Crippen LogP contribution in [0.15, 0.2) is 36.4 Å². The molecule has 0 bridgehead atoms. The molecular formula is C22H25FO5. The summed E-state index contributed by atoms with van der Waals surface area (Å²) in [6.07, 6.45) is 3.49. The van der Waals surface area contributed by atoms with Crippen LogP contribution in [0.1, 0.15) is 30.9 Å². The highest BCUT2D eigenvalue weighted by atomic mass is 19.1. The first kappa shape index (κ1) is 20.2. The molecule has 0 aromatic heterocycles. The predicted octanol–water partition coefficient (Wildman–Crippen LogP) is 4.28. The number of aliphatic hydroxyl groups is 1. The van der Waals surface area contributed by atoms with Gasteiger partial charge < -0.3 is 24.1 Å². The van der Waals surface area contributed by atoms with Gasteiger partial charge in [-0.3, -0.25) is 0 Å². The van der Waals surface area contributed by atoms with Crippen molar-refractivity contribution in [3.63, 3.8) is 0 Å². The van der Waals surface area contributed by atoms with Crippen LogP contribution < -0.4 is 14.2 Å². The van der Waals surface area contributed by atoms with Gasteiger partial charge in [-0.1, -0.05) is 24.3 Å². The van der Waals surface area contributed by atoms with E-state index < -0.39 is 12.4 Å². The highest BCUT2D eigenvalue weighted by Gasteiger charge is 2.28. The third-order valence-corrected chi connectivity index (χ3v) is 4.54. The van der Waals surface area contributed by atoms with Gasteiger partial charge in [0.25, 0.3) is 0 Å². The van der Waals surface area contributed by atoms with Crippen molar-refractivity contribution in [3.8, 4) is 17.2 Å². The van der Waals surface area contributed by atoms with Crippen molar-refractivity contribution in [1.82, 2.24) is 0 Å². The molecule has 3 atom stereocenters. The molecule has 3 rings (SSSR count). The molecule has 6 heteroatoms. The van der Waals surface area contributed by atoms with E-state index in [9.17, 15) is 9.50 Å². The molecule has 1 N–H and O–H groups in total. The monoisotopic (exact) mass is 388 g/mol. The Balaban J connectivity index is 1.93. The van der Waals surface area contributed by atoms with E-state index in [1.807, 2.05) is 25.1 Å². The highest BCUT2D eigenvalue weighted by Crippen LogP contribution is 2.38. The lowest BCUT2D eigenvalue weighted by Crippen LogP contribution is -2.37. The Morgan fingerprint density at radius 2 is 1.82 bits per heavy atom. The third-order valence-electron chi connectivity index (χ3n) is 4.54. The first-order chi connectivity index (χ1) is 13.5. The normalized spacial score (nSPS) is 22.2. The third kappa shape index (κ3) is 5.03. The Labute approximate surface area is 164 Å². The van der Waals surface area contributed by atoms with Gasteiger partial charge >= 0.3 is 0 Å². The van der Waals surface area contributed by atoms with Gasteiger partial charge in [-0.05, 0) is 37.1 Å². The average molecular weight is 388 g/mol. The summed E-state index contributed by atoms with van der Waals surface area (Å²) in [5, 5.41) is 10.0. The number of hydrogen-bond acceptors (Lipinski definition) is 5. The van der Waals surface area contributed by atoms with Gasteiger partial charge in [-0.25, -0.2) is 4.39 Å². The summed E-state index contributed by atoms with van der Waals surface area (Å²) in [6, 6.07) is 9.73. The van der Waals surface area contributed by atoms with E-state index in [2.05, 4.69) is 0 Å². The van der Waals surface area contributed by atoms with Crippen molar-refractivity contribution in [3.05, 3.63) is 53.3 Å².